The lowest BCUT2D eigenvalue weighted by Gasteiger charge is -2.18. The van der Waals surface area contributed by atoms with E-state index in [0.29, 0.717) is 24.3 Å². The second-order valence-corrected chi connectivity index (χ2v) is 8.48. The van der Waals surface area contributed by atoms with Crippen molar-refractivity contribution in [2.45, 2.75) is 18.7 Å². The monoisotopic (exact) mass is 403 g/mol. The third kappa shape index (κ3) is 4.76. The van der Waals surface area contributed by atoms with Crippen molar-refractivity contribution < 1.29 is 18.0 Å². The minimum Gasteiger partial charge on any atom is -0.339 e. The fraction of sp³-hybridized carbons (Fsp3) is 0.300. The number of carbonyl (C=O) groups excluding carboxylic acids is 2. The molecule has 0 aliphatic rings. The maximum Gasteiger partial charge on any atom is 0.255 e. The molecule has 0 unspecified atom stereocenters. The number of nitrogens with one attached hydrogen (secondary N) is 1. The van der Waals surface area contributed by atoms with E-state index < -0.39 is 15.9 Å². The molecule has 7 nitrogen and oxygen atoms in total. The second-order valence-electron chi connectivity index (χ2n) is 6.32. The summed E-state index contributed by atoms with van der Waals surface area (Å²) in [4.78, 5) is 26.6. The third-order valence-corrected chi connectivity index (χ3v) is 6.13. The quantitative estimate of drug-likeness (QED) is 0.770. The molecule has 0 saturated carbocycles. The fourth-order valence-electron chi connectivity index (χ4n) is 2.60. The minimum absolute atomic E-state index is 0.0466. The minimum atomic E-state index is -3.62. The first kappa shape index (κ1) is 21.6. The summed E-state index contributed by atoms with van der Waals surface area (Å²) in [6.45, 7) is 5.08. The molecule has 28 heavy (non-hydrogen) atoms. The normalized spacial score (nSPS) is 11.3. The molecule has 2 aromatic rings. The van der Waals surface area contributed by atoms with Crippen molar-refractivity contribution in [2.75, 3.05) is 32.5 Å². The van der Waals surface area contributed by atoms with Crippen LogP contribution in [-0.4, -0.2) is 56.6 Å². The van der Waals surface area contributed by atoms with Gasteiger partial charge in [-0.2, -0.15) is 0 Å². The number of hydrogen-bond donors (Lipinski definition) is 1. The summed E-state index contributed by atoms with van der Waals surface area (Å²) in [5.41, 5.74) is 1.29. The van der Waals surface area contributed by atoms with Crippen LogP contribution in [0.5, 0.6) is 0 Å². The molecule has 0 atom stereocenters. The van der Waals surface area contributed by atoms with E-state index in [1.54, 1.807) is 35.2 Å². The van der Waals surface area contributed by atoms with Crippen molar-refractivity contribution in [1.29, 1.82) is 0 Å². The van der Waals surface area contributed by atoms with E-state index >= 15 is 0 Å². The zero-order valence-corrected chi connectivity index (χ0v) is 17.3. The van der Waals surface area contributed by atoms with Crippen LogP contribution in [0.4, 0.5) is 5.69 Å². The number of amides is 2. The van der Waals surface area contributed by atoms with E-state index in [1.807, 2.05) is 13.8 Å². The van der Waals surface area contributed by atoms with Crippen LogP contribution in [-0.2, 0) is 10.0 Å². The highest BCUT2D eigenvalue weighted by molar-refractivity contribution is 7.89. The lowest BCUT2D eigenvalue weighted by Crippen LogP contribution is -2.30. The summed E-state index contributed by atoms with van der Waals surface area (Å²) in [5, 5.41) is 2.72. The van der Waals surface area contributed by atoms with Crippen LogP contribution in [0, 0.1) is 0 Å². The Morgan fingerprint density at radius 2 is 1.54 bits per heavy atom. The fourth-order valence-corrected chi connectivity index (χ4v) is 3.55. The molecule has 8 heteroatoms. The first-order valence-electron chi connectivity index (χ1n) is 8.94. The zero-order chi connectivity index (χ0) is 20.9. The van der Waals surface area contributed by atoms with Crippen LogP contribution >= 0.6 is 0 Å². The summed E-state index contributed by atoms with van der Waals surface area (Å²) in [6.07, 6.45) is 0. The maximum atomic E-state index is 12.5. The van der Waals surface area contributed by atoms with Crippen molar-refractivity contribution >= 4 is 27.5 Å². The Bertz CT molecular complexity index is 950. The smallest absolute Gasteiger partial charge is 0.255 e. The summed E-state index contributed by atoms with van der Waals surface area (Å²) >= 11 is 0. The molecular weight excluding hydrogens is 378 g/mol. The molecule has 2 rings (SSSR count). The van der Waals surface area contributed by atoms with Gasteiger partial charge in [-0.15, -0.1) is 0 Å². The van der Waals surface area contributed by atoms with Gasteiger partial charge in [-0.25, -0.2) is 12.7 Å². The van der Waals surface area contributed by atoms with E-state index in [4.69, 9.17) is 0 Å². The van der Waals surface area contributed by atoms with Crippen molar-refractivity contribution in [3.8, 4) is 0 Å². The van der Waals surface area contributed by atoms with E-state index in [2.05, 4.69) is 5.32 Å². The summed E-state index contributed by atoms with van der Waals surface area (Å²) in [7, 11) is -0.756. The molecule has 0 saturated heterocycles. The van der Waals surface area contributed by atoms with Crippen molar-refractivity contribution in [2.24, 2.45) is 0 Å². The number of hydrogen-bond acceptors (Lipinski definition) is 4. The topological polar surface area (TPSA) is 86.8 Å². The van der Waals surface area contributed by atoms with E-state index in [9.17, 15) is 18.0 Å². The van der Waals surface area contributed by atoms with E-state index in [-0.39, 0.29) is 16.4 Å². The molecule has 0 aromatic heterocycles. The molecule has 0 bridgehead atoms. The molecule has 2 amide bonds. The predicted octanol–water partition coefficient (Wildman–Crippen LogP) is 2.67. The Morgan fingerprint density at radius 1 is 0.929 bits per heavy atom. The highest BCUT2D eigenvalue weighted by Gasteiger charge is 2.19. The second kappa shape index (κ2) is 8.99. The molecule has 1 N–H and O–H groups in total. The number of anilines is 1. The van der Waals surface area contributed by atoms with Crippen LogP contribution < -0.4 is 5.32 Å². The number of rotatable bonds is 7. The van der Waals surface area contributed by atoms with Gasteiger partial charge < -0.3 is 10.2 Å². The van der Waals surface area contributed by atoms with Gasteiger partial charge in [-0.05, 0) is 56.3 Å². The maximum absolute atomic E-state index is 12.5. The largest absolute Gasteiger partial charge is 0.339 e. The molecule has 0 spiro atoms. The Kier molecular flexibility index (Phi) is 6.93. The Labute approximate surface area is 166 Å². The highest BCUT2D eigenvalue weighted by atomic mass is 32.2. The standard InChI is InChI=1S/C20H25N3O4S/c1-5-23(6-2)20(25)15-10-12-17(13-11-15)21-19(24)16-8-7-9-18(14-16)28(26,27)22(3)4/h7-14H,5-6H2,1-4H3,(H,21,24). The number of nitrogens with zero attached hydrogens (tertiary/aromatic N) is 2. The Balaban J connectivity index is 2.17. The van der Waals surface area contributed by atoms with Gasteiger partial charge in [0.15, 0.2) is 0 Å². The van der Waals surface area contributed by atoms with Crippen molar-refractivity contribution in [1.82, 2.24) is 9.21 Å². The van der Waals surface area contributed by atoms with E-state index in [1.165, 1.54) is 32.3 Å². The van der Waals surface area contributed by atoms with Crippen LogP contribution in [0.15, 0.2) is 53.4 Å². The summed E-state index contributed by atoms with van der Waals surface area (Å²) in [5.74, 6) is -0.497. The van der Waals surface area contributed by atoms with Crippen molar-refractivity contribution in [3.63, 3.8) is 0 Å². The zero-order valence-electron chi connectivity index (χ0n) is 16.5. The summed E-state index contributed by atoms with van der Waals surface area (Å²) in [6, 6.07) is 12.5. The first-order valence-corrected chi connectivity index (χ1v) is 10.4. The molecule has 0 aliphatic carbocycles. The Morgan fingerprint density at radius 3 is 2.07 bits per heavy atom. The van der Waals surface area contributed by atoms with Crippen LogP contribution in [0.1, 0.15) is 34.6 Å². The lowest BCUT2D eigenvalue weighted by molar-refractivity contribution is 0.0773. The molecule has 0 radical (unpaired) electrons. The molecule has 0 aliphatic heterocycles. The van der Waals surface area contributed by atoms with Gasteiger partial charge in [-0.3, -0.25) is 9.59 Å². The average Bonchev–Trinajstić information content (AvgIpc) is 2.69. The molecule has 150 valence electrons. The van der Waals surface area contributed by atoms with Gasteiger partial charge in [0, 0.05) is 44.0 Å². The number of benzene rings is 2. The van der Waals surface area contributed by atoms with Crippen LogP contribution in [0.25, 0.3) is 0 Å². The third-order valence-electron chi connectivity index (χ3n) is 4.32. The first-order chi connectivity index (χ1) is 13.2. The van der Waals surface area contributed by atoms with Gasteiger partial charge in [-0.1, -0.05) is 6.07 Å². The number of sulfonamides is 1. The van der Waals surface area contributed by atoms with Gasteiger partial charge in [0.2, 0.25) is 10.0 Å². The molecule has 2 aromatic carbocycles. The molecule has 0 heterocycles. The van der Waals surface area contributed by atoms with Crippen molar-refractivity contribution in [3.05, 3.63) is 59.7 Å². The van der Waals surface area contributed by atoms with E-state index in [0.717, 1.165) is 4.31 Å². The van der Waals surface area contributed by atoms with Gasteiger partial charge in [0.25, 0.3) is 11.8 Å². The lowest BCUT2D eigenvalue weighted by atomic mass is 10.1. The van der Waals surface area contributed by atoms with Gasteiger partial charge in [0.1, 0.15) is 0 Å². The van der Waals surface area contributed by atoms with Gasteiger partial charge in [0.05, 0.1) is 4.90 Å². The van der Waals surface area contributed by atoms with Crippen LogP contribution in [0.3, 0.4) is 0 Å². The molecule has 0 fully saturated rings. The van der Waals surface area contributed by atoms with Gasteiger partial charge >= 0.3 is 0 Å². The SMILES string of the molecule is CCN(CC)C(=O)c1ccc(NC(=O)c2cccc(S(=O)(=O)N(C)C)c2)cc1. The number of carbonyl (C=O) groups is 2. The molecular formula is C20H25N3O4S. The Hall–Kier alpha value is -2.71. The average molecular weight is 404 g/mol. The van der Waals surface area contributed by atoms with Crippen LogP contribution in [0.2, 0.25) is 0 Å². The summed E-state index contributed by atoms with van der Waals surface area (Å²) < 4.78 is 25.6. The predicted molar refractivity (Wildman–Crippen MR) is 109 cm³/mol. The highest BCUT2D eigenvalue weighted by Crippen LogP contribution is 2.17.